The third-order valence-corrected chi connectivity index (χ3v) is 3.74. The van der Waals surface area contributed by atoms with Crippen LogP contribution in [0.4, 0.5) is 11.9 Å². The Balaban J connectivity index is 2.53. The predicted molar refractivity (Wildman–Crippen MR) is 92.4 cm³/mol. The Kier molecular flexibility index (Phi) is 5.69. The smallest absolute Gasteiger partial charge is 0.230 e. The normalized spacial score (nSPS) is 10.5. The summed E-state index contributed by atoms with van der Waals surface area (Å²) in [6.07, 6.45) is 0. The summed E-state index contributed by atoms with van der Waals surface area (Å²) in [5.41, 5.74) is 1.02. The third kappa shape index (κ3) is 3.53. The highest BCUT2D eigenvalue weighted by Gasteiger charge is 2.15. The van der Waals surface area contributed by atoms with E-state index >= 15 is 0 Å². The van der Waals surface area contributed by atoms with Gasteiger partial charge in [0.05, 0.1) is 0 Å². The molecule has 0 spiro atoms. The summed E-state index contributed by atoms with van der Waals surface area (Å²) in [4.78, 5) is 18.3. The van der Waals surface area contributed by atoms with Crippen molar-refractivity contribution in [2.45, 2.75) is 27.7 Å². The zero-order valence-electron chi connectivity index (χ0n) is 14.0. The lowest BCUT2D eigenvalue weighted by molar-refractivity contribution is 0.779. The van der Waals surface area contributed by atoms with Crippen molar-refractivity contribution < 1.29 is 0 Å². The SMILES string of the molecule is CCN(CC)c1nc(-c2ccccc2)nc(N(CC)CC)n1. The molecule has 22 heavy (non-hydrogen) atoms. The van der Waals surface area contributed by atoms with Crippen molar-refractivity contribution in [1.29, 1.82) is 0 Å². The maximum absolute atomic E-state index is 4.67. The molecule has 0 radical (unpaired) electrons. The molecule has 5 nitrogen and oxygen atoms in total. The fourth-order valence-corrected chi connectivity index (χ4v) is 2.37. The van der Waals surface area contributed by atoms with Crippen molar-refractivity contribution in [1.82, 2.24) is 15.0 Å². The van der Waals surface area contributed by atoms with Crippen LogP contribution in [0.1, 0.15) is 27.7 Å². The highest BCUT2D eigenvalue weighted by Crippen LogP contribution is 2.21. The van der Waals surface area contributed by atoms with E-state index in [0.29, 0.717) is 0 Å². The lowest BCUT2D eigenvalue weighted by atomic mass is 10.2. The number of nitrogens with zero attached hydrogens (tertiary/aromatic N) is 5. The lowest BCUT2D eigenvalue weighted by Crippen LogP contribution is -2.28. The fraction of sp³-hybridized carbons (Fsp3) is 0.471. The molecule has 0 aliphatic heterocycles. The van der Waals surface area contributed by atoms with Gasteiger partial charge in [-0.25, -0.2) is 0 Å². The van der Waals surface area contributed by atoms with Gasteiger partial charge in [-0.05, 0) is 27.7 Å². The van der Waals surface area contributed by atoms with Gasteiger partial charge < -0.3 is 9.80 Å². The first-order valence-corrected chi connectivity index (χ1v) is 8.04. The molecular weight excluding hydrogens is 274 g/mol. The van der Waals surface area contributed by atoms with Crippen molar-refractivity contribution in [3.63, 3.8) is 0 Å². The van der Waals surface area contributed by atoms with E-state index < -0.39 is 0 Å². The van der Waals surface area contributed by atoms with Gasteiger partial charge in [-0.15, -0.1) is 0 Å². The Hall–Kier alpha value is -2.17. The molecule has 1 aromatic heterocycles. The largest absolute Gasteiger partial charge is 0.341 e. The average Bonchev–Trinajstić information content (AvgIpc) is 2.58. The van der Waals surface area contributed by atoms with Crippen molar-refractivity contribution in [2.24, 2.45) is 0 Å². The van der Waals surface area contributed by atoms with Crippen LogP contribution in [-0.2, 0) is 0 Å². The van der Waals surface area contributed by atoms with E-state index in [-0.39, 0.29) is 0 Å². The van der Waals surface area contributed by atoms with E-state index in [2.05, 4.69) is 52.4 Å². The Morgan fingerprint density at radius 3 is 1.55 bits per heavy atom. The van der Waals surface area contributed by atoms with Crippen LogP contribution in [-0.4, -0.2) is 41.1 Å². The summed E-state index contributed by atoms with van der Waals surface area (Å²) in [5.74, 6) is 2.24. The van der Waals surface area contributed by atoms with E-state index in [1.54, 1.807) is 0 Å². The van der Waals surface area contributed by atoms with Crippen LogP contribution in [0, 0.1) is 0 Å². The van der Waals surface area contributed by atoms with Crippen molar-refractivity contribution in [2.75, 3.05) is 36.0 Å². The minimum absolute atomic E-state index is 0.736. The number of anilines is 2. The highest BCUT2D eigenvalue weighted by atomic mass is 15.3. The molecule has 5 heteroatoms. The number of aromatic nitrogens is 3. The van der Waals surface area contributed by atoms with E-state index in [0.717, 1.165) is 49.5 Å². The van der Waals surface area contributed by atoms with Crippen LogP contribution in [0.2, 0.25) is 0 Å². The van der Waals surface area contributed by atoms with Crippen LogP contribution in [0.25, 0.3) is 11.4 Å². The van der Waals surface area contributed by atoms with Crippen molar-refractivity contribution in [3.05, 3.63) is 30.3 Å². The Labute approximate surface area is 133 Å². The predicted octanol–water partition coefficient (Wildman–Crippen LogP) is 3.23. The number of benzene rings is 1. The Bertz CT molecular complexity index is 547. The van der Waals surface area contributed by atoms with E-state index in [1.807, 2.05) is 30.3 Å². The topological polar surface area (TPSA) is 45.2 Å². The summed E-state index contributed by atoms with van der Waals surface area (Å²) < 4.78 is 0. The van der Waals surface area contributed by atoms with Crippen LogP contribution in [0.3, 0.4) is 0 Å². The lowest BCUT2D eigenvalue weighted by Gasteiger charge is -2.23. The van der Waals surface area contributed by atoms with Gasteiger partial charge in [0.2, 0.25) is 11.9 Å². The molecule has 0 fully saturated rings. The molecule has 0 unspecified atom stereocenters. The molecule has 1 heterocycles. The van der Waals surface area contributed by atoms with Gasteiger partial charge in [0.15, 0.2) is 5.82 Å². The molecule has 0 aliphatic rings. The molecule has 0 amide bonds. The molecule has 2 rings (SSSR count). The quantitative estimate of drug-likeness (QED) is 0.785. The van der Waals surface area contributed by atoms with E-state index in [9.17, 15) is 0 Å². The monoisotopic (exact) mass is 299 g/mol. The Morgan fingerprint density at radius 1 is 0.682 bits per heavy atom. The number of hydrogen-bond acceptors (Lipinski definition) is 5. The summed E-state index contributed by atoms with van der Waals surface area (Å²) in [5, 5.41) is 0. The standard InChI is InChI=1S/C17H25N5/c1-5-21(6-2)16-18-15(14-12-10-9-11-13-14)19-17(20-16)22(7-3)8-4/h9-13H,5-8H2,1-4H3. The fourth-order valence-electron chi connectivity index (χ4n) is 2.37. The summed E-state index contributed by atoms with van der Waals surface area (Å²) >= 11 is 0. The molecule has 0 saturated heterocycles. The van der Waals surface area contributed by atoms with Crippen LogP contribution in [0.5, 0.6) is 0 Å². The molecular formula is C17H25N5. The number of rotatable bonds is 7. The molecule has 2 aromatic rings. The first-order valence-electron chi connectivity index (χ1n) is 8.04. The van der Waals surface area contributed by atoms with Crippen LogP contribution in [0.15, 0.2) is 30.3 Å². The zero-order chi connectivity index (χ0) is 15.9. The van der Waals surface area contributed by atoms with Gasteiger partial charge in [-0.2, -0.15) is 15.0 Å². The van der Waals surface area contributed by atoms with Crippen LogP contribution >= 0.6 is 0 Å². The summed E-state index contributed by atoms with van der Waals surface area (Å²) in [6, 6.07) is 10.1. The first kappa shape index (κ1) is 16.2. The van der Waals surface area contributed by atoms with Crippen molar-refractivity contribution in [3.8, 4) is 11.4 Å². The van der Waals surface area contributed by atoms with Gasteiger partial charge in [-0.3, -0.25) is 0 Å². The molecule has 0 atom stereocenters. The first-order chi connectivity index (χ1) is 10.7. The summed E-state index contributed by atoms with van der Waals surface area (Å²) in [7, 11) is 0. The van der Waals surface area contributed by atoms with Gasteiger partial charge in [0.1, 0.15) is 0 Å². The van der Waals surface area contributed by atoms with Crippen LogP contribution < -0.4 is 9.80 Å². The minimum Gasteiger partial charge on any atom is -0.341 e. The second-order valence-corrected chi connectivity index (χ2v) is 4.97. The third-order valence-electron chi connectivity index (χ3n) is 3.74. The van der Waals surface area contributed by atoms with E-state index in [4.69, 9.17) is 0 Å². The Morgan fingerprint density at radius 2 is 1.14 bits per heavy atom. The number of hydrogen-bond donors (Lipinski definition) is 0. The molecule has 0 aliphatic carbocycles. The second-order valence-electron chi connectivity index (χ2n) is 4.97. The molecule has 0 saturated carbocycles. The average molecular weight is 299 g/mol. The molecule has 0 N–H and O–H groups in total. The summed E-state index contributed by atoms with van der Waals surface area (Å²) in [6.45, 7) is 12.0. The molecule has 1 aromatic carbocycles. The zero-order valence-corrected chi connectivity index (χ0v) is 14.0. The maximum atomic E-state index is 4.67. The molecule has 0 bridgehead atoms. The van der Waals surface area contributed by atoms with Crippen molar-refractivity contribution >= 4 is 11.9 Å². The minimum atomic E-state index is 0.736. The van der Waals surface area contributed by atoms with E-state index in [1.165, 1.54) is 0 Å². The molecule has 118 valence electrons. The van der Waals surface area contributed by atoms with Gasteiger partial charge >= 0.3 is 0 Å². The second kappa shape index (κ2) is 7.73. The maximum Gasteiger partial charge on any atom is 0.230 e. The van der Waals surface area contributed by atoms with Gasteiger partial charge in [-0.1, -0.05) is 30.3 Å². The highest BCUT2D eigenvalue weighted by molar-refractivity contribution is 5.58. The van der Waals surface area contributed by atoms with Gasteiger partial charge in [0, 0.05) is 31.7 Å². The van der Waals surface area contributed by atoms with Gasteiger partial charge in [0.25, 0.3) is 0 Å².